The Balaban J connectivity index is 2.30. The van der Waals surface area contributed by atoms with E-state index in [-0.39, 0.29) is 16.3 Å². The van der Waals surface area contributed by atoms with Gasteiger partial charge in [0, 0.05) is 5.69 Å². The number of ether oxygens (including phenoxy) is 1. The Morgan fingerprint density at radius 1 is 1.15 bits per heavy atom. The van der Waals surface area contributed by atoms with E-state index >= 15 is 0 Å². The van der Waals surface area contributed by atoms with Crippen LogP contribution in [0, 0.1) is 5.82 Å². The molecule has 106 valence electrons. The van der Waals surface area contributed by atoms with Crippen molar-refractivity contribution < 1.29 is 17.5 Å². The summed E-state index contributed by atoms with van der Waals surface area (Å²) in [4.78, 5) is 0.000116. The van der Waals surface area contributed by atoms with Crippen molar-refractivity contribution in [3.8, 4) is 5.75 Å². The van der Waals surface area contributed by atoms with Gasteiger partial charge in [0.25, 0.3) is 10.0 Å². The molecule has 0 aliphatic heterocycles. The first-order valence-corrected chi connectivity index (χ1v) is 7.12. The van der Waals surface area contributed by atoms with Gasteiger partial charge in [0.2, 0.25) is 0 Å². The number of halogens is 1. The molecule has 0 amide bonds. The van der Waals surface area contributed by atoms with Crippen LogP contribution in [0.15, 0.2) is 47.4 Å². The number of hydrogen-bond donors (Lipinski definition) is 2. The van der Waals surface area contributed by atoms with Crippen molar-refractivity contribution >= 4 is 21.4 Å². The highest BCUT2D eigenvalue weighted by Gasteiger charge is 2.15. The van der Waals surface area contributed by atoms with Gasteiger partial charge in [-0.3, -0.25) is 4.72 Å². The van der Waals surface area contributed by atoms with E-state index in [2.05, 4.69) is 4.72 Å². The van der Waals surface area contributed by atoms with E-state index < -0.39 is 15.8 Å². The zero-order chi connectivity index (χ0) is 14.8. The lowest BCUT2D eigenvalue weighted by Gasteiger charge is -2.10. The average molecular weight is 296 g/mol. The lowest BCUT2D eigenvalue weighted by atomic mass is 10.3. The first-order chi connectivity index (χ1) is 9.42. The number of sulfonamides is 1. The van der Waals surface area contributed by atoms with Crippen LogP contribution in [0.3, 0.4) is 0 Å². The molecule has 0 fully saturated rings. The highest BCUT2D eigenvalue weighted by Crippen LogP contribution is 2.25. The Labute approximate surface area is 116 Å². The van der Waals surface area contributed by atoms with E-state index in [1.165, 1.54) is 49.6 Å². The third-order valence-corrected chi connectivity index (χ3v) is 3.99. The lowest BCUT2D eigenvalue weighted by Crippen LogP contribution is -2.13. The molecule has 0 heterocycles. The molecule has 0 aliphatic rings. The fourth-order valence-electron chi connectivity index (χ4n) is 1.61. The van der Waals surface area contributed by atoms with Crippen LogP contribution in [0.4, 0.5) is 15.8 Å². The van der Waals surface area contributed by atoms with Crippen molar-refractivity contribution in [1.29, 1.82) is 0 Å². The molecule has 2 aromatic carbocycles. The molecule has 3 N–H and O–H groups in total. The molecule has 0 aliphatic carbocycles. The number of nitrogens with two attached hydrogens (primary N) is 1. The number of nitrogens with one attached hydrogen (secondary N) is 1. The SMILES string of the molecule is COc1ccc(S(=O)(=O)Nc2ccc(F)cc2)cc1N. The van der Waals surface area contributed by atoms with Crippen LogP contribution < -0.4 is 15.2 Å². The van der Waals surface area contributed by atoms with E-state index in [4.69, 9.17) is 10.5 Å². The number of hydrogen-bond acceptors (Lipinski definition) is 4. The van der Waals surface area contributed by atoms with Crippen LogP contribution in [0.1, 0.15) is 0 Å². The Morgan fingerprint density at radius 2 is 1.80 bits per heavy atom. The summed E-state index contributed by atoms with van der Waals surface area (Å²) in [6.07, 6.45) is 0. The third-order valence-electron chi connectivity index (χ3n) is 2.61. The van der Waals surface area contributed by atoms with Gasteiger partial charge in [-0.2, -0.15) is 0 Å². The second kappa shape index (κ2) is 5.38. The van der Waals surface area contributed by atoms with Crippen molar-refractivity contribution in [3.05, 3.63) is 48.3 Å². The molecule has 20 heavy (non-hydrogen) atoms. The highest BCUT2D eigenvalue weighted by molar-refractivity contribution is 7.92. The summed E-state index contributed by atoms with van der Waals surface area (Å²) in [7, 11) is -2.34. The van der Waals surface area contributed by atoms with Gasteiger partial charge in [-0.25, -0.2) is 12.8 Å². The number of methoxy groups -OCH3 is 1. The summed E-state index contributed by atoms with van der Waals surface area (Å²) in [5.74, 6) is -0.0487. The molecule has 2 aromatic rings. The quantitative estimate of drug-likeness (QED) is 0.848. The molecule has 2 rings (SSSR count). The summed E-state index contributed by atoms with van der Waals surface area (Å²) in [5.41, 5.74) is 6.16. The molecule has 5 nitrogen and oxygen atoms in total. The number of benzene rings is 2. The smallest absolute Gasteiger partial charge is 0.261 e. The molecule has 0 aromatic heterocycles. The van der Waals surface area contributed by atoms with Gasteiger partial charge >= 0.3 is 0 Å². The molecule has 7 heteroatoms. The van der Waals surface area contributed by atoms with Gasteiger partial charge in [0.05, 0.1) is 17.7 Å². The number of anilines is 2. The molecular formula is C13H13FN2O3S. The van der Waals surface area contributed by atoms with Crippen molar-refractivity contribution in [2.45, 2.75) is 4.90 Å². The van der Waals surface area contributed by atoms with Gasteiger partial charge in [0.15, 0.2) is 0 Å². The van der Waals surface area contributed by atoms with E-state index in [9.17, 15) is 12.8 Å². The predicted octanol–water partition coefficient (Wildman–Crippen LogP) is 2.22. The molecule has 0 bridgehead atoms. The van der Waals surface area contributed by atoms with Crippen LogP contribution in [0.25, 0.3) is 0 Å². The maximum Gasteiger partial charge on any atom is 0.261 e. The van der Waals surface area contributed by atoms with E-state index in [0.29, 0.717) is 5.75 Å². The maximum atomic E-state index is 12.8. The average Bonchev–Trinajstić information content (AvgIpc) is 2.41. The zero-order valence-electron chi connectivity index (χ0n) is 10.6. The monoisotopic (exact) mass is 296 g/mol. The summed E-state index contributed by atoms with van der Waals surface area (Å²) < 4.78 is 44.3. The number of nitrogen functional groups attached to an aromatic ring is 1. The van der Waals surface area contributed by atoms with Gasteiger partial charge < -0.3 is 10.5 Å². The largest absolute Gasteiger partial charge is 0.495 e. The molecule has 0 saturated carbocycles. The van der Waals surface area contributed by atoms with Crippen molar-refractivity contribution in [1.82, 2.24) is 0 Å². The normalized spacial score (nSPS) is 11.1. The molecule has 0 atom stereocenters. The van der Waals surface area contributed by atoms with Crippen LogP contribution in [-0.4, -0.2) is 15.5 Å². The molecule has 0 unspecified atom stereocenters. The summed E-state index contributed by atoms with van der Waals surface area (Å²) in [6, 6.07) is 9.14. The predicted molar refractivity (Wildman–Crippen MR) is 74.6 cm³/mol. The minimum absolute atomic E-state index is 0.000116. The number of rotatable bonds is 4. The topological polar surface area (TPSA) is 81.4 Å². The Bertz CT molecular complexity index is 715. The first-order valence-electron chi connectivity index (χ1n) is 5.64. The van der Waals surface area contributed by atoms with Gasteiger partial charge in [-0.15, -0.1) is 0 Å². The van der Waals surface area contributed by atoms with Gasteiger partial charge in [-0.1, -0.05) is 0 Å². The van der Waals surface area contributed by atoms with E-state index in [1.807, 2.05) is 0 Å². The Hall–Kier alpha value is -2.28. The fourth-order valence-corrected chi connectivity index (χ4v) is 2.71. The summed E-state index contributed by atoms with van der Waals surface area (Å²) >= 11 is 0. The lowest BCUT2D eigenvalue weighted by molar-refractivity contribution is 0.416. The van der Waals surface area contributed by atoms with E-state index in [0.717, 1.165) is 0 Å². The molecule has 0 saturated heterocycles. The van der Waals surface area contributed by atoms with Crippen molar-refractivity contribution in [2.75, 3.05) is 17.6 Å². The van der Waals surface area contributed by atoms with Crippen molar-refractivity contribution in [2.24, 2.45) is 0 Å². The summed E-state index contributed by atoms with van der Waals surface area (Å²) in [5, 5.41) is 0. The Kier molecular flexibility index (Phi) is 3.80. The Morgan fingerprint density at radius 3 is 2.35 bits per heavy atom. The third kappa shape index (κ3) is 3.00. The van der Waals surface area contributed by atoms with Crippen LogP contribution >= 0.6 is 0 Å². The first kappa shape index (κ1) is 14.1. The van der Waals surface area contributed by atoms with Crippen LogP contribution in [0.5, 0.6) is 5.75 Å². The second-order valence-corrected chi connectivity index (χ2v) is 5.70. The minimum Gasteiger partial charge on any atom is -0.495 e. The summed E-state index contributed by atoms with van der Waals surface area (Å²) in [6.45, 7) is 0. The molecular weight excluding hydrogens is 283 g/mol. The second-order valence-electron chi connectivity index (χ2n) is 4.02. The van der Waals surface area contributed by atoms with Crippen LogP contribution in [-0.2, 0) is 10.0 Å². The van der Waals surface area contributed by atoms with Gasteiger partial charge in [-0.05, 0) is 42.5 Å². The highest BCUT2D eigenvalue weighted by atomic mass is 32.2. The fraction of sp³-hybridized carbons (Fsp3) is 0.0769. The molecule has 0 radical (unpaired) electrons. The van der Waals surface area contributed by atoms with Crippen LogP contribution in [0.2, 0.25) is 0 Å². The maximum absolute atomic E-state index is 12.8. The van der Waals surface area contributed by atoms with Gasteiger partial charge in [0.1, 0.15) is 11.6 Å². The van der Waals surface area contributed by atoms with E-state index in [1.54, 1.807) is 0 Å². The van der Waals surface area contributed by atoms with Crippen molar-refractivity contribution in [3.63, 3.8) is 0 Å². The minimum atomic E-state index is -3.78. The molecule has 0 spiro atoms. The standard InChI is InChI=1S/C13H13FN2O3S/c1-19-13-7-6-11(8-12(13)15)20(17,18)16-10-4-2-9(14)3-5-10/h2-8,16H,15H2,1H3. The zero-order valence-corrected chi connectivity index (χ0v) is 11.4.